The Morgan fingerprint density at radius 2 is 1.61 bits per heavy atom. The number of rotatable bonds is 9. The maximum Gasteiger partial charge on any atom is 1.00 e. The molecule has 0 spiro atoms. The number of carboxylic acid groups (broad SMARTS) is 2. The first-order chi connectivity index (χ1) is 7.52. The zero-order valence-electron chi connectivity index (χ0n) is 12.0. The van der Waals surface area contributed by atoms with Crippen LogP contribution in [-0.2, 0) is 9.59 Å². The minimum Gasteiger partial charge on any atom is -0.550 e. The Labute approximate surface area is 153 Å². The summed E-state index contributed by atoms with van der Waals surface area (Å²) in [5, 5.41) is 21.3. The first-order valence-electron chi connectivity index (χ1n) is 5.93. The molecule has 18 heavy (non-hydrogen) atoms. The summed E-state index contributed by atoms with van der Waals surface area (Å²) in [6, 6.07) is 0. The maximum absolute atomic E-state index is 10.9. The quantitative estimate of drug-likeness (QED) is 0.310. The largest absolute Gasteiger partial charge is 1.00 e. The van der Waals surface area contributed by atoms with E-state index >= 15 is 0 Å². The average Bonchev–Trinajstić information content (AvgIpc) is 2.21. The first kappa shape index (κ1) is 24.0. The third-order valence-corrected chi connectivity index (χ3v) is 2.96. The Balaban J connectivity index is -0.00000112. The fraction of sp³-hybridized carbons (Fsp3) is 0.833. The zero-order valence-corrected chi connectivity index (χ0v) is 16.0. The van der Waals surface area contributed by atoms with Crippen LogP contribution in [0.2, 0.25) is 0 Å². The summed E-state index contributed by atoms with van der Waals surface area (Å²) < 4.78 is 0. The average molecular weight is 274 g/mol. The van der Waals surface area contributed by atoms with E-state index in [0.29, 0.717) is 6.42 Å². The Bertz CT molecular complexity index is 234. The Morgan fingerprint density at radius 3 is 1.94 bits per heavy atom. The maximum atomic E-state index is 10.9. The van der Waals surface area contributed by atoms with E-state index in [-0.39, 0.29) is 65.0 Å². The second kappa shape index (κ2) is 14.4. The smallest absolute Gasteiger partial charge is 0.550 e. The van der Waals surface area contributed by atoms with E-state index in [9.17, 15) is 19.8 Å². The van der Waals surface area contributed by atoms with Gasteiger partial charge in [0.25, 0.3) is 0 Å². The molecule has 2 atom stereocenters. The molecule has 2 unspecified atom stereocenters. The second-order valence-electron chi connectivity index (χ2n) is 4.17. The van der Waals surface area contributed by atoms with Gasteiger partial charge in [0.15, 0.2) is 0 Å². The predicted molar refractivity (Wildman–Crippen MR) is 56.0 cm³/mol. The zero-order chi connectivity index (χ0) is 12.6. The van der Waals surface area contributed by atoms with Crippen molar-refractivity contribution in [2.45, 2.75) is 52.4 Å². The van der Waals surface area contributed by atoms with Crippen LogP contribution in [0.3, 0.4) is 0 Å². The van der Waals surface area contributed by atoms with Crippen molar-refractivity contribution in [3.63, 3.8) is 0 Å². The van der Waals surface area contributed by atoms with Crippen LogP contribution < -0.4 is 69.3 Å². The van der Waals surface area contributed by atoms with Crippen molar-refractivity contribution in [2.75, 3.05) is 0 Å². The summed E-state index contributed by atoms with van der Waals surface area (Å²) in [6.07, 6.45) is 4.01. The minimum absolute atomic E-state index is 0. The van der Waals surface area contributed by atoms with Gasteiger partial charge in [0, 0.05) is 17.9 Å². The second-order valence-corrected chi connectivity index (χ2v) is 4.17. The van der Waals surface area contributed by atoms with Crippen LogP contribution in [0.4, 0.5) is 0 Å². The molecule has 0 aliphatic heterocycles. The van der Waals surface area contributed by atoms with Gasteiger partial charge in [-0.15, -0.1) is 0 Å². The molecular weight excluding hydrogens is 254 g/mol. The van der Waals surface area contributed by atoms with E-state index < -0.39 is 24.3 Å². The molecule has 4 nitrogen and oxygen atoms in total. The van der Waals surface area contributed by atoms with E-state index in [1.807, 2.05) is 6.92 Å². The first-order valence-corrected chi connectivity index (χ1v) is 5.93. The van der Waals surface area contributed by atoms with Gasteiger partial charge < -0.3 is 19.8 Å². The van der Waals surface area contributed by atoms with Crippen molar-refractivity contribution in [3.8, 4) is 0 Å². The van der Waals surface area contributed by atoms with Gasteiger partial charge in [0.2, 0.25) is 0 Å². The van der Waals surface area contributed by atoms with Crippen LogP contribution in [0, 0.1) is 11.8 Å². The third-order valence-electron chi connectivity index (χ3n) is 2.96. The Hall–Kier alpha value is 0.940. The van der Waals surface area contributed by atoms with Crippen LogP contribution in [0.5, 0.6) is 0 Å². The molecule has 0 bridgehead atoms. The summed E-state index contributed by atoms with van der Waals surface area (Å²) in [7, 11) is 0. The van der Waals surface area contributed by atoms with Crippen LogP contribution >= 0.6 is 0 Å². The molecule has 0 fully saturated rings. The SMILES string of the molecule is CCCCCC(CC)C(CC(=O)[O-])C(=O)[O-].[Na+].[Na+]. The fourth-order valence-corrected chi connectivity index (χ4v) is 1.97. The molecule has 0 heterocycles. The van der Waals surface area contributed by atoms with Crippen LogP contribution in [0.25, 0.3) is 0 Å². The molecule has 0 N–H and O–H groups in total. The molecule has 0 saturated carbocycles. The van der Waals surface area contributed by atoms with Crippen molar-refractivity contribution >= 4 is 11.9 Å². The van der Waals surface area contributed by atoms with Crippen LogP contribution in [-0.4, -0.2) is 11.9 Å². The van der Waals surface area contributed by atoms with Crippen LogP contribution in [0.15, 0.2) is 0 Å². The molecule has 0 aliphatic carbocycles. The topological polar surface area (TPSA) is 80.3 Å². The van der Waals surface area contributed by atoms with Crippen molar-refractivity contribution in [1.82, 2.24) is 0 Å². The van der Waals surface area contributed by atoms with Crippen molar-refractivity contribution < 1.29 is 78.9 Å². The summed E-state index contributed by atoms with van der Waals surface area (Å²) in [4.78, 5) is 21.3. The number of hydrogen-bond acceptors (Lipinski definition) is 4. The van der Waals surface area contributed by atoms with Gasteiger partial charge >= 0.3 is 59.1 Å². The van der Waals surface area contributed by atoms with Crippen molar-refractivity contribution in [3.05, 3.63) is 0 Å². The number of unbranched alkanes of at least 4 members (excludes halogenated alkanes) is 2. The predicted octanol–water partition coefficient (Wildman–Crippen LogP) is -5.89. The molecule has 0 rings (SSSR count). The number of carbonyl (C=O) groups excluding carboxylic acids is 2. The van der Waals surface area contributed by atoms with Gasteiger partial charge in [0.05, 0.1) is 0 Å². The Morgan fingerprint density at radius 1 is 1.06 bits per heavy atom. The summed E-state index contributed by atoms with van der Waals surface area (Å²) in [5.41, 5.74) is 0. The van der Waals surface area contributed by atoms with Gasteiger partial charge in [-0.25, -0.2) is 0 Å². The summed E-state index contributed by atoms with van der Waals surface area (Å²) in [5.74, 6) is -3.61. The molecule has 0 aromatic carbocycles. The summed E-state index contributed by atoms with van der Waals surface area (Å²) >= 11 is 0. The van der Waals surface area contributed by atoms with Gasteiger partial charge in [-0.3, -0.25) is 0 Å². The van der Waals surface area contributed by atoms with Crippen molar-refractivity contribution in [2.24, 2.45) is 11.8 Å². The number of carbonyl (C=O) groups is 2. The molecule has 0 amide bonds. The molecule has 6 heteroatoms. The normalized spacial score (nSPS) is 12.8. The van der Waals surface area contributed by atoms with Gasteiger partial charge in [-0.05, 0) is 18.8 Å². The van der Waals surface area contributed by atoms with E-state index in [4.69, 9.17) is 0 Å². The molecule has 0 saturated heterocycles. The molecule has 94 valence electrons. The standard InChI is InChI=1S/C12H22O4.2Na/c1-3-5-6-7-9(4-2)10(12(15)16)8-11(13)14;;/h9-10H,3-8H2,1-2H3,(H,13,14)(H,15,16);;/q;2*+1/p-2. The molecular formula is C12H20Na2O4. The summed E-state index contributed by atoms with van der Waals surface area (Å²) in [6.45, 7) is 3.94. The molecule has 0 aromatic rings. The van der Waals surface area contributed by atoms with E-state index in [0.717, 1.165) is 25.7 Å². The molecule has 0 radical (unpaired) electrons. The van der Waals surface area contributed by atoms with E-state index in [2.05, 4.69) is 6.92 Å². The van der Waals surface area contributed by atoms with Gasteiger partial charge in [-0.1, -0.05) is 39.5 Å². The van der Waals surface area contributed by atoms with E-state index in [1.54, 1.807) is 0 Å². The monoisotopic (exact) mass is 274 g/mol. The van der Waals surface area contributed by atoms with Crippen molar-refractivity contribution in [1.29, 1.82) is 0 Å². The number of carboxylic acids is 2. The van der Waals surface area contributed by atoms with Crippen LogP contribution in [0.1, 0.15) is 52.4 Å². The van der Waals surface area contributed by atoms with Gasteiger partial charge in [0.1, 0.15) is 0 Å². The van der Waals surface area contributed by atoms with E-state index in [1.165, 1.54) is 0 Å². The number of hydrogen-bond donors (Lipinski definition) is 0. The van der Waals surface area contributed by atoms with Gasteiger partial charge in [-0.2, -0.15) is 0 Å². The third kappa shape index (κ3) is 10.8. The Kier molecular flexibility index (Phi) is 19.1. The molecule has 0 aliphatic rings. The fourth-order valence-electron chi connectivity index (χ4n) is 1.97. The number of aliphatic carboxylic acids is 2. The minimum atomic E-state index is -1.32. The molecule has 0 aromatic heterocycles.